The fourth-order valence-corrected chi connectivity index (χ4v) is 8.29. The van der Waals surface area contributed by atoms with Crippen molar-refractivity contribution in [2.75, 3.05) is 4.90 Å². The Morgan fingerprint density at radius 1 is 0.481 bits per heavy atom. The van der Waals surface area contributed by atoms with Crippen molar-refractivity contribution in [2.24, 2.45) is 0 Å². The van der Waals surface area contributed by atoms with E-state index in [1.807, 2.05) is 36.4 Å². The Kier molecular flexibility index (Phi) is 10.4. The maximum Gasteiger partial charge on any atom is 0.0470 e. The first kappa shape index (κ1) is 35.1. The van der Waals surface area contributed by atoms with Crippen molar-refractivity contribution in [3.8, 4) is 11.1 Å². The number of para-hydroxylation sites is 1. The second-order valence-corrected chi connectivity index (χ2v) is 15.0. The predicted octanol–water partition coefficient (Wildman–Crippen LogP) is 14.1. The minimum atomic E-state index is 1.01. The van der Waals surface area contributed by atoms with Crippen LogP contribution in [0.4, 0.5) is 11.4 Å². The van der Waals surface area contributed by atoms with E-state index in [9.17, 15) is 0 Å². The van der Waals surface area contributed by atoms with Crippen LogP contribution in [-0.2, 0) is 12.8 Å². The molecule has 54 heavy (non-hydrogen) atoms. The molecule has 6 aromatic carbocycles. The molecule has 1 nitrogen and oxygen atoms in total. The Hall–Kier alpha value is -5.92. The lowest BCUT2D eigenvalue weighted by Crippen LogP contribution is -2.18. The summed E-state index contributed by atoms with van der Waals surface area (Å²) in [7, 11) is 0. The van der Waals surface area contributed by atoms with Crippen LogP contribution < -0.4 is 4.90 Å². The second kappa shape index (κ2) is 16.0. The third-order valence-electron chi connectivity index (χ3n) is 11.0. The number of benzene rings is 6. The molecule has 0 heterocycles. The first-order valence-electron chi connectivity index (χ1n) is 19.5. The standard InChI is InChI=1S/C39H33N.2C7H8/c1-26-16-17-29-23-38-37(30-19-18-28-21-27-10-8-9-15-34(27)36(28)22-30)24-33(25-39(38)35(29)20-26)40(31-11-4-2-5-12-31)32-13-6-3-7-14-32;2*1-7-5-3-2-4-6-7/h2-6,8-13,15-17,20,22,24-25H,7,14,18-19,21,23H2,1H3;2*2-6H,1H3. The smallest absolute Gasteiger partial charge is 0.0470 e. The molecule has 6 aromatic rings. The minimum Gasteiger partial charge on any atom is -0.314 e. The summed E-state index contributed by atoms with van der Waals surface area (Å²) in [4.78, 5) is 2.50. The Bertz CT molecular complexity index is 2350. The molecule has 0 radical (unpaired) electrons. The molecule has 0 aromatic heterocycles. The van der Waals surface area contributed by atoms with Crippen LogP contribution in [0.1, 0.15) is 70.2 Å². The normalized spacial score (nSPS) is 14.6. The number of nitrogens with zero attached hydrogens (tertiary/aromatic N) is 1. The lowest BCUT2D eigenvalue weighted by molar-refractivity contribution is 0.916. The van der Waals surface area contributed by atoms with Gasteiger partial charge in [-0.05, 0) is 140 Å². The largest absolute Gasteiger partial charge is 0.314 e. The van der Waals surface area contributed by atoms with E-state index in [2.05, 4.69) is 159 Å². The van der Waals surface area contributed by atoms with Gasteiger partial charge in [0.05, 0.1) is 0 Å². The van der Waals surface area contributed by atoms with Crippen molar-refractivity contribution >= 4 is 22.5 Å². The van der Waals surface area contributed by atoms with Crippen LogP contribution in [0.2, 0.25) is 0 Å². The highest BCUT2D eigenvalue weighted by atomic mass is 15.1. The molecule has 0 aliphatic heterocycles. The van der Waals surface area contributed by atoms with Gasteiger partial charge >= 0.3 is 0 Å². The summed E-state index contributed by atoms with van der Waals surface area (Å²) in [6, 6.07) is 52.4. The molecular weight excluding hydrogens is 651 g/mol. The van der Waals surface area contributed by atoms with E-state index in [0.29, 0.717) is 0 Å². The average molecular weight is 700 g/mol. The number of allylic oxidation sites excluding steroid dienone is 8. The average Bonchev–Trinajstić information content (AvgIpc) is 3.77. The maximum absolute atomic E-state index is 2.54. The van der Waals surface area contributed by atoms with Crippen molar-refractivity contribution < 1.29 is 0 Å². The highest BCUT2D eigenvalue weighted by Gasteiger charge is 2.29. The summed E-state index contributed by atoms with van der Waals surface area (Å²) >= 11 is 0. The van der Waals surface area contributed by atoms with Gasteiger partial charge in [0.1, 0.15) is 0 Å². The topological polar surface area (TPSA) is 3.24 Å². The number of anilines is 2. The summed E-state index contributed by atoms with van der Waals surface area (Å²) < 4.78 is 0. The van der Waals surface area contributed by atoms with Gasteiger partial charge in [-0.2, -0.15) is 0 Å². The summed E-state index contributed by atoms with van der Waals surface area (Å²) in [5.74, 6) is 0. The lowest BCUT2D eigenvalue weighted by Gasteiger charge is -2.30. The van der Waals surface area contributed by atoms with E-state index in [0.717, 1.165) is 38.5 Å². The Labute approximate surface area is 322 Å². The third kappa shape index (κ3) is 7.59. The van der Waals surface area contributed by atoms with Crippen LogP contribution in [-0.4, -0.2) is 0 Å². The second-order valence-electron chi connectivity index (χ2n) is 15.0. The lowest BCUT2D eigenvalue weighted by atomic mass is 9.85. The zero-order valence-electron chi connectivity index (χ0n) is 31.9. The van der Waals surface area contributed by atoms with Crippen molar-refractivity contribution in [3.63, 3.8) is 0 Å². The molecule has 10 rings (SSSR count). The molecule has 4 aliphatic carbocycles. The highest BCUT2D eigenvalue weighted by Crippen LogP contribution is 2.49. The van der Waals surface area contributed by atoms with Crippen molar-refractivity contribution in [1.29, 1.82) is 0 Å². The van der Waals surface area contributed by atoms with Gasteiger partial charge in [-0.25, -0.2) is 0 Å². The molecular formula is C53H49N. The summed E-state index contributed by atoms with van der Waals surface area (Å²) in [6.07, 6.45) is 15.8. The molecule has 0 spiro atoms. The number of aryl methyl sites for hydroxylation is 3. The number of hydrogen-bond acceptors (Lipinski definition) is 1. The van der Waals surface area contributed by atoms with Gasteiger partial charge in [0.2, 0.25) is 0 Å². The fraction of sp³-hybridized carbons (Fsp3) is 0.170. The maximum atomic E-state index is 2.54. The Morgan fingerprint density at radius 3 is 1.80 bits per heavy atom. The van der Waals surface area contributed by atoms with Crippen LogP contribution in [0.25, 0.3) is 22.3 Å². The van der Waals surface area contributed by atoms with Crippen molar-refractivity contribution in [2.45, 2.75) is 59.3 Å². The molecule has 0 saturated carbocycles. The van der Waals surface area contributed by atoms with Gasteiger partial charge in [0.15, 0.2) is 0 Å². The Balaban J connectivity index is 0.000000248. The van der Waals surface area contributed by atoms with E-state index in [1.54, 1.807) is 5.57 Å². The summed E-state index contributed by atoms with van der Waals surface area (Å²) in [6.45, 7) is 6.38. The van der Waals surface area contributed by atoms with E-state index >= 15 is 0 Å². The summed E-state index contributed by atoms with van der Waals surface area (Å²) in [5, 5.41) is 0. The minimum absolute atomic E-state index is 1.01. The van der Waals surface area contributed by atoms with Crippen molar-refractivity contribution in [1.82, 2.24) is 0 Å². The van der Waals surface area contributed by atoms with Crippen LogP contribution >= 0.6 is 0 Å². The van der Waals surface area contributed by atoms with E-state index < -0.39 is 0 Å². The molecule has 266 valence electrons. The molecule has 0 atom stereocenters. The monoisotopic (exact) mass is 699 g/mol. The van der Waals surface area contributed by atoms with Crippen LogP contribution in [0.5, 0.6) is 0 Å². The van der Waals surface area contributed by atoms with Gasteiger partial charge in [0.25, 0.3) is 0 Å². The molecule has 4 aliphatic rings. The first-order chi connectivity index (χ1) is 26.5. The molecule has 1 heteroatoms. The Morgan fingerprint density at radius 2 is 1.13 bits per heavy atom. The SMILES string of the molecule is Cc1ccc2c(c1)-c1cc(N(C3=CC=CCC3)c3ccccc3)cc(C3=CC4=C(CC3)Cc3ccccc34)c1C2.Cc1ccccc1.Cc1ccccc1. The van der Waals surface area contributed by atoms with Crippen LogP contribution in [0.3, 0.4) is 0 Å². The predicted molar refractivity (Wildman–Crippen MR) is 231 cm³/mol. The molecule has 0 N–H and O–H groups in total. The molecule has 0 saturated heterocycles. The molecule has 0 unspecified atom stereocenters. The van der Waals surface area contributed by atoms with Gasteiger partial charge in [-0.1, -0.05) is 162 Å². The highest BCUT2D eigenvalue weighted by molar-refractivity contribution is 5.95. The fourth-order valence-electron chi connectivity index (χ4n) is 8.29. The van der Waals surface area contributed by atoms with Gasteiger partial charge in [-0.3, -0.25) is 0 Å². The first-order valence-corrected chi connectivity index (χ1v) is 19.5. The third-order valence-corrected chi connectivity index (χ3v) is 11.0. The van der Waals surface area contributed by atoms with Crippen LogP contribution in [0.15, 0.2) is 181 Å². The number of rotatable bonds is 4. The quantitative estimate of drug-likeness (QED) is 0.177. The van der Waals surface area contributed by atoms with Gasteiger partial charge in [0, 0.05) is 17.1 Å². The van der Waals surface area contributed by atoms with Crippen molar-refractivity contribution in [3.05, 3.63) is 226 Å². The van der Waals surface area contributed by atoms with E-state index in [1.165, 1.54) is 83.9 Å². The van der Waals surface area contributed by atoms with Gasteiger partial charge < -0.3 is 4.90 Å². The number of hydrogen-bond donors (Lipinski definition) is 0. The zero-order chi connectivity index (χ0) is 36.9. The van der Waals surface area contributed by atoms with Crippen LogP contribution in [0, 0.1) is 20.8 Å². The number of fused-ring (bicyclic) bond motifs is 5. The molecule has 0 fully saturated rings. The molecule has 0 amide bonds. The van der Waals surface area contributed by atoms with E-state index in [-0.39, 0.29) is 0 Å². The zero-order valence-corrected chi connectivity index (χ0v) is 31.9. The molecule has 0 bridgehead atoms. The van der Waals surface area contributed by atoms with Gasteiger partial charge in [-0.15, -0.1) is 0 Å². The van der Waals surface area contributed by atoms with E-state index in [4.69, 9.17) is 0 Å². The summed E-state index contributed by atoms with van der Waals surface area (Å²) in [5.41, 5.74) is 22.5.